The van der Waals surface area contributed by atoms with Gasteiger partial charge in [-0.15, -0.1) is 0 Å². The van der Waals surface area contributed by atoms with E-state index in [2.05, 4.69) is 5.32 Å². The fourth-order valence-electron chi connectivity index (χ4n) is 3.78. The number of hydrogen-bond acceptors (Lipinski definition) is 5. The molecular weight excluding hydrogens is 376 g/mol. The predicted molar refractivity (Wildman–Crippen MR) is 101 cm³/mol. The number of ether oxygens (including phenoxy) is 1. The lowest BCUT2D eigenvalue weighted by molar-refractivity contribution is -0.156. The summed E-state index contributed by atoms with van der Waals surface area (Å²) in [5.74, 6) is -3.07. The molecule has 8 heteroatoms. The number of carbonyl (C=O) groups excluding carboxylic acids is 3. The van der Waals surface area contributed by atoms with E-state index in [-0.39, 0.29) is 6.42 Å². The largest absolute Gasteiger partial charge is 0.493 e. The van der Waals surface area contributed by atoms with E-state index in [1.54, 1.807) is 4.90 Å². The molecule has 2 N–H and O–H groups in total. The lowest BCUT2D eigenvalue weighted by atomic mass is 9.87. The van der Waals surface area contributed by atoms with Crippen LogP contribution in [0.2, 0.25) is 0 Å². The molecule has 1 atom stereocenters. The number of rotatable bonds is 8. The fourth-order valence-corrected chi connectivity index (χ4v) is 3.78. The number of carboxylic acid groups (broad SMARTS) is 1. The van der Waals surface area contributed by atoms with E-state index >= 15 is 0 Å². The molecule has 1 heterocycles. The first kappa shape index (κ1) is 19.4. The van der Waals surface area contributed by atoms with Gasteiger partial charge >= 0.3 is 5.97 Å². The van der Waals surface area contributed by atoms with E-state index < -0.39 is 41.6 Å². The summed E-state index contributed by atoms with van der Waals surface area (Å²) in [6.07, 6.45) is 4.04. The highest BCUT2D eigenvalue weighted by atomic mass is 16.5. The van der Waals surface area contributed by atoms with Gasteiger partial charge in [0.25, 0.3) is 0 Å². The smallest absolute Gasteiger partial charge is 0.322 e. The van der Waals surface area contributed by atoms with Crippen LogP contribution in [0.1, 0.15) is 37.7 Å². The Bertz CT molecular complexity index is 841. The molecule has 2 saturated carbocycles. The van der Waals surface area contributed by atoms with Crippen LogP contribution in [-0.4, -0.2) is 52.3 Å². The summed E-state index contributed by atoms with van der Waals surface area (Å²) < 4.78 is 5.73. The maximum absolute atomic E-state index is 13.0. The summed E-state index contributed by atoms with van der Waals surface area (Å²) in [7, 11) is 0. The Hall–Kier alpha value is -2.90. The highest BCUT2D eigenvalue weighted by Crippen LogP contribution is 2.49. The van der Waals surface area contributed by atoms with Gasteiger partial charge in [0.05, 0.1) is 12.1 Å². The lowest BCUT2D eigenvalue weighted by Crippen LogP contribution is -2.57. The molecule has 29 heavy (non-hydrogen) atoms. The zero-order valence-corrected chi connectivity index (χ0v) is 16.1. The molecule has 0 aromatic heterocycles. The molecule has 154 valence electrons. The Labute approximate surface area is 168 Å². The van der Waals surface area contributed by atoms with E-state index in [9.17, 15) is 19.2 Å². The molecule has 1 aliphatic heterocycles. The first-order chi connectivity index (χ1) is 13.9. The molecule has 3 aliphatic rings. The second-order valence-electron chi connectivity index (χ2n) is 8.23. The molecular formula is C21H24N2O6. The van der Waals surface area contributed by atoms with Crippen LogP contribution >= 0.6 is 0 Å². The standard InChI is InChI=1S/C21H24N2O6/c24-16-9-21(7-8-21)23(20(28)18(16)19(27)22-10-17(25)26)11-13-3-5-15(6-4-13)29-12-14-1-2-14/h3-6,14,18H,1-2,7-12H2,(H,22,27)(H,25,26). The molecule has 1 saturated heterocycles. The SMILES string of the molecule is O=C(O)CNC(=O)C1C(=O)CC2(CC2)N(Cc2ccc(OCC3CC3)cc2)C1=O. The number of likely N-dealkylation sites (tertiary alicyclic amines) is 1. The van der Waals surface area contributed by atoms with Gasteiger partial charge in [-0.1, -0.05) is 12.1 Å². The van der Waals surface area contributed by atoms with E-state index in [4.69, 9.17) is 9.84 Å². The summed E-state index contributed by atoms with van der Waals surface area (Å²) in [5.41, 5.74) is 0.390. The molecule has 1 aromatic carbocycles. The number of aliphatic carboxylic acids is 1. The highest BCUT2D eigenvalue weighted by Gasteiger charge is 2.58. The molecule has 8 nitrogen and oxygen atoms in total. The highest BCUT2D eigenvalue weighted by molar-refractivity contribution is 6.20. The van der Waals surface area contributed by atoms with Gasteiger partial charge in [-0.05, 0) is 49.3 Å². The summed E-state index contributed by atoms with van der Waals surface area (Å²) >= 11 is 0. The summed E-state index contributed by atoms with van der Waals surface area (Å²) in [4.78, 5) is 50.0. The van der Waals surface area contributed by atoms with E-state index in [1.165, 1.54) is 12.8 Å². The van der Waals surface area contributed by atoms with Crippen LogP contribution in [0, 0.1) is 11.8 Å². The van der Waals surface area contributed by atoms with Gasteiger partial charge in [-0.3, -0.25) is 19.2 Å². The number of Topliss-reactive ketones (excluding diaryl/α,β-unsaturated/α-hetero) is 1. The molecule has 2 aliphatic carbocycles. The zero-order chi connectivity index (χ0) is 20.6. The molecule has 1 spiro atoms. The quantitative estimate of drug-likeness (QED) is 0.633. The molecule has 0 radical (unpaired) electrons. The number of hydrogen-bond donors (Lipinski definition) is 2. The van der Waals surface area contributed by atoms with Crippen molar-refractivity contribution in [2.75, 3.05) is 13.2 Å². The third-order valence-corrected chi connectivity index (χ3v) is 5.86. The van der Waals surface area contributed by atoms with Crippen LogP contribution in [0.4, 0.5) is 0 Å². The number of benzene rings is 1. The van der Waals surface area contributed by atoms with Crippen LogP contribution in [0.3, 0.4) is 0 Å². The molecule has 1 aromatic rings. The Balaban J connectivity index is 1.44. The minimum Gasteiger partial charge on any atom is -0.493 e. The van der Waals surface area contributed by atoms with Crippen LogP contribution in [0.25, 0.3) is 0 Å². The molecule has 1 unspecified atom stereocenters. The van der Waals surface area contributed by atoms with Crippen molar-refractivity contribution in [3.05, 3.63) is 29.8 Å². The number of amides is 2. The topological polar surface area (TPSA) is 113 Å². The number of piperidine rings is 1. The van der Waals surface area contributed by atoms with Gasteiger partial charge in [0.1, 0.15) is 12.3 Å². The third-order valence-electron chi connectivity index (χ3n) is 5.86. The van der Waals surface area contributed by atoms with E-state index in [1.807, 2.05) is 24.3 Å². The van der Waals surface area contributed by atoms with Gasteiger partial charge in [0.15, 0.2) is 11.7 Å². The minimum absolute atomic E-state index is 0.131. The van der Waals surface area contributed by atoms with Crippen molar-refractivity contribution in [2.24, 2.45) is 11.8 Å². The predicted octanol–water partition coefficient (Wildman–Crippen LogP) is 1.13. The first-order valence-corrected chi connectivity index (χ1v) is 9.93. The van der Waals surface area contributed by atoms with Crippen LogP contribution in [0.5, 0.6) is 5.75 Å². The number of nitrogens with one attached hydrogen (secondary N) is 1. The van der Waals surface area contributed by atoms with Crippen molar-refractivity contribution in [2.45, 2.75) is 44.2 Å². The summed E-state index contributed by atoms with van der Waals surface area (Å²) in [6.45, 7) is 0.406. The average Bonchev–Trinajstić information content (AvgIpc) is 3.60. The fraction of sp³-hybridized carbons (Fsp3) is 0.524. The minimum atomic E-state index is -1.47. The maximum Gasteiger partial charge on any atom is 0.322 e. The van der Waals surface area contributed by atoms with Crippen molar-refractivity contribution in [3.63, 3.8) is 0 Å². The number of ketones is 1. The normalized spacial score (nSPS) is 22.5. The van der Waals surface area contributed by atoms with E-state index in [0.717, 1.165) is 30.8 Å². The monoisotopic (exact) mass is 400 g/mol. The van der Waals surface area contributed by atoms with Gasteiger partial charge in [0.2, 0.25) is 11.8 Å². The lowest BCUT2D eigenvalue weighted by Gasteiger charge is -2.38. The van der Waals surface area contributed by atoms with Gasteiger partial charge in [0, 0.05) is 13.0 Å². The Morgan fingerprint density at radius 2 is 1.86 bits per heavy atom. The van der Waals surface area contributed by atoms with Crippen LogP contribution in [-0.2, 0) is 25.7 Å². The second-order valence-corrected chi connectivity index (χ2v) is 8.23. The van der Waals surface area contributed by atoms with E-state index in [0.29, 0.717) is 12.5 Å². The van der Waals surface area contributed by atoms with Crippen molar-refractivity contribution in [1.82, 2.24) is 10.2 Å². The molecule has 0 bridgehead atoms. The van der Waals surface area contributed by atoms with Gasteiger partial charge in [-0.25, -0.2) is 0 Å². The average molecular weight is 400 g/mol. The number of carboxylic acids is 1. The van der Waals surface area contributed by atoms with Gasteiger partial charge in [-0.2, -0.15) is 0 Å². The Kier molecular flexibility index (Phi) is 5.02. The van der Waals surface area contributed by atoms with Crippen LogP contribution in [0.15, 0.2) is 24.3 Å². The maximum atomic E-state index is 13.0. The second kappa shape index (κ2) is 7.50. The Morgan fingerprint density at radius 3 is 2.45 bits per heavy atom. The third kappa shape index (κ3) is 4.26. The molecule has 4 rings (SSSR count). The summed E-state index contributed by atoms with van der Waals surface area (Å²) in [6, 6.07) is 7.52. The number of carbonyl (C=O) groups is 4. The first-order valence-electron chi connectivity index (χ1n) is 9.93. The summed E-state index contributed by atoms with van der Waals surface area (Å²) in [5, 5.41) is 10.9. The Morgan fingerprint density at radius 1 is 1.17 bits per heavy atom. The molecule has 3 fully saturated rings. The van der Waals surface area contributed by atoms with Crippen LogP contribution < -0.4 is 10.1 Å². The van der Waals surface area contributed by atoms with Crippen molar-refractivity contribution >= 4 is 23.6 Å². The molecule has 2 amide bonds. The zero-order valence-electron chi connectivity index (χ0n) is 16.1. The van der Waals surface area contributed by atoms with Gasteiger partial charge < -0.3 is 20.1 Å². The van der Waals surface area contributed by atoms with Crippen molar-refractivity contribution in [1.29, 1.82) is 0 Å². The van der Waals surface area contributed by atoms with Crippen molar-refractivity contribution < 1.29 is 29.0 Å². The number of nitrogens with zero attached hydrogens (tertiary/aromatic N) is 1. The van der Waals surface area contributed by atoms with Crippen molar-refractivity contribution in [3.8, 4) is 5.75 Å².